The number of rotatable bonds is 2. The molecule has 0 saturated heterocycles. The van der Waals surface area contributed by atoms with Crippen molar-refractivity contribution in [2.75, 3.05) is 0 Å². The topological polar surface area (TPSA) is 21.2 Å². The first-order valence-corrected chi connectivity index (χ1v) is 7.69. The van der Waals surface area contributed by atoms with Crippen LogP contribution in [-0.4, -0.2) is 4.57 Å². The van der Waals surface area contributed by atoms with E-state index in [0.29, 0.717) is 0 Å². The van der Waals surface area contributed by atoms with Crippen LogP contribution in [0.5, 0.6) is 0 Å². The lowest BCUT2D eigenvalue weighted by Crippen LogP contribution is -2.25. The van der Waals surface area contributed by atoms with Crippen molar-refractivity contribution < 1.29 is 4.57 Å². The number of hydrogen-bond acceptors (Lipinski definition) is 3. The summed E-state index contributed by atoms with van der Waals surface area (Å²) >= 11 is 3.32. The van der Waals surface area contributed by atoms with Crippen LogP contribution in [0.1, 0.15) is 0 Å². The molecule has 0 aliphatic heterocycles. The molecule has 0 amide bonds. The predicted octanol–water partition coefficient (Wildman–Crippen LogP) is 2.87. The largest absolute Gasteiger partial charge is 0.385 e. The molecule has 0 radical (unpaired) electrons. The normalized spacial score (nSPS) is 12.0. The van der Waals surface area contributed by atoms with Crippen LogP contribution in [-0.2, 0) is 14.1 Å². The summed E-state index contributed by atoms with van der Waals surface area (Å²) in [6, 6.07) is 10.4. The van der Waals surface area contributed by atoms with Crippen molar-refractivity contribution in [2.45, 2.75) is 0 Å². The van der Waals surface area contributed by atoms with Crippen molar-refractivity contribution in [3.8, 4) is 11.3 Å². The molecule has 0 fully saturated rings. The minimum Gasteiger partial charge on any atom is -0.298 e. The van der Waals surface area contributed by atoms with Gasteiger partial charge in [0, 0.05) is 22.8 Å². The molecule has 0 saturated carbocycles. The van der Waals surface area contributed by atoms with E-state index in [2.05, 4.69) is 41.3 Å². The van der Waals surface area contributed by atoms with Gasteiger partial charge < -0.3 is 0 Å². The smallest absolute Gasteiger partial charge is 0.298 e. The van der Waals surface area contributed by atoms with Gasteiger partial charge in [0.1, 0.15) is 6.20 Å². The van der Waals surface area contributed by atoms with Gasteiger partial charge in [0.2, 0.25) is 0 Å². The second-order valence-electron chi connectivity index (χ2n) is 4.24. The molecule has 0 aliphatic rings. The average Bonchev–Trinajstić information content (AvgIpc) is 2.99. The third kappa shape index (κ3) is 2.39. The molecule has 2 heterocycles. The van der Waals surface area contributed by atoms with Gasteiger partial charge in [0.15, 0.2) is 0 Å². The highest BCUT2D eigenvalue weighted by Crippen LogP contribution is 2.19. The minimum atomic E-state index is 1.01. The molecule has 0 aliphatic carbocycles. The Morgan fingerprint density at radius 1 is 1.16 bits per heavy atom. The Balaban J connectivity index is 2.10. The van der Waals surface area contributed by atoms with Crippen LogP contribution in [0.15, 0.2) is 52.3 Å². The fourth-order valence-corrected chi connectivity index (χ4v) is 3.55. The fraction of sp³-hybridized carbons (Fsp3) is 0.143. The summed E-state index contributed by atoms with van der Waals surface area (Å²) in [6.07, 6.45) is 2.02. The lowest BCUT2D eigenvalue weighted by Gasteiger charge is -2.00. The molecular weight excluding hydrogens is 274 g/mol. The lowest BCUT2D eigenvalue weighted by atomic mass is 10.2. The third-order valence-electron chi connectivity index (χ3n) is 2.94. The minimum absolute atomic E-state index is 1.01. The summed E-state index contributed by atoms with van der Waals surface area (Å²) in [5, 5.41) is 5.21. The van der Waals surface area contributed by atoms with Crippen molar-refractivity contribution in [3.05, 3.63) is 52.1 Å². The van der Waals surface area contributed by atoms with E-state index < -0.39 is 0 Å². The van der Waals surface area contributed by atoms with Crippen molar-refractivity contribution >= 4 is 27.8 Å². The van der Waals surface area contributed by atoms with E-state index in [-0.39, 0.29) is 0 Å². The van der Waals surface area contributed by atoms with Crippen LogP contribution in [0.4, 0.5) is 5.13 Å². The zero-order chi connectivity index (χ0) is 13.2. The molecule has 0 unspecified atom stereocenters. The van der Waals surface area contributed by atoms with E-state index in [1.807, 2.05) is 29.3 Å². The Hall–Kier alpha value is -1.72. The maximum Gasteiger partial charge on any atom is 0.385 e. The van der Waals surface area contributed by atoms with Gasteiger partial charge >= 0.3 is 9.93 Å². The van der Waals surface area contributed by atoms with E-state index in [1.54, 1.807) is 22.7 Å². The second kappa shape index (κ2) is 5.11. The van der Waals surface area contributed by atoms with Crippen molar-refractivity contribution in [1.82, 2.24) is 4.57 Å². The van der Waals surface area contributed by atoms with Crippen molar-refractivity contribution in [2.24, 2.45) is 19.1 Å². The van der Waals surface area contributed by atoms with Crippen molar-refractivity contribution in [3.63, 3.8) is 0 Å². The predicted molar refractivity (Wildman–Crippen MR) is 79.4 cm³/mol. The van der Waals surface area contributed by atoms with E-state index in [1.165, 1.54) is 11.3 Å². The van der Waals surface area contributed by atoms with Crippen LogP contribution >= 0.6 is 22.7 Å². The maximum absolute atomic E-state index is 4.71. The third-order valence-corrected chi connectivity index (χ3v) is 4.71. The van der Waals surface area contributed by atoms with Gasteiger partial charge in [-0.05, 0) is 5.56 Å². The number of benzene rings is 1. The summed E-state index contributed by atoms with van der Waals surface area (Å²) in [7, 11) is 4.08. The molecule has 3 rings (SSSR count). The van der Waals surface area contributed by atoms with E-state index in [0.717, 1.165) is 9.93 Å². The Morgan fingerprint density at radius 2 is 1.95 bits per heavy atom. The number of aryl methyl sites for hydroxylation is 1. The van der Waals surface area contributed by atoms with Gasteiger partial charge in [-0.15, -0.1) is 0 Å². The molecule has 96 valence electrons. The molecule has 0 bridgehead atoms. The standard InChI is InChI=1S/C14H14N3S2/c1-16-8-9-18-13(16)15-14-17(2)12(10-19-14)11-6-4-3-5-7-11/h3-10H,1-2H3/q+1. The molecular formula is C14H14N3S2+. The van der Waals surface area contributed by atoms with Gasteiger partial charge in [-0.3, -0.25) is 4.57 Å². The molecule has 0 N–H and O–H groups in total. The average molecular weight is 288 g/mol. The van der Waals surface area contributed by atoms with Gasteiger partial charge in [-0.2, -0.15) is 0 Å². The zero-order valence-electron chi connectivity index (χ0n) is 10.8. The molecule has 1 aromatic carbocycles. The molecule has 2 aromatic heterocycles. The summed E-state index contributed by atoms with van der Waals surface area (Å²) in [5.41, 5.74) is 2.42. The summed E-state index contributed by atoms with van der Waals surface area (Å²) in [6.45, 7) is 0. The zero-order valence-corrected chi connectivity index (χ0v) is 12.4. The van der Waals surface area contributed by atoms with Gasteiger partial charge in [0.25, 0.3) is 0 Å². The van der Waals surface area contributed by atoms with Gasteiger partial charge in [-0.1, -0.05) is 53.0 Å². The molecule has 3 nitrogen and oxygen atoms in total. The van der Waals surface area contributed by atoms with E-state index >= 15 is 0 Å². The Kier molecular flexibility index (Phi) is 3.31. The number of hydrogen-bond donors (Lipinski definition) is 0. The first-order valence-electron chi connectivity index (χ1n) is 5.93. The highest BCUT2D eigenvalue weighted by molar-refractivity contribution is 7.13. The summed E-state index contributed by atoms with van der Waals surface area (Å²) < 4.78 is 4.17. The Bertz CT molecular complexity index is 750. The van der Waals surface area contributed by atoms with Gasteiger partial charge in [0.05, 0.1) is 12.7 Å². The molecule has 0 atom stereocenters. The summed E-state index contributed by atoms with van der Waals surface area (Å²) in [4.78, 5) is 5.72. The lowest BCUT2D eigenvalue weighted by molar-refractivity contribution is -0.654. The first-order chi connectivity index (χ1) is 9.25. The molecule has 3 aromatic rings. The Labute approximate surface area is 119 Å². The van der Waals surface area contributed by atoms with Crippen LogP contribution in [0.3, 0.4) is 0 Å². The maximum atomic E-state index is 4.71. The Morgan fingerprint density at radius 3 is 2.63 bits per heavy atom. The number of thiazole rings is 2. The SMILES string of the molecule is Cn1c(-c2ccccc2)csc1=Nc1scc[n+]1C. The highest BCUT2D eigenvalue weighted by Gasteiger charge is 2.11. The number of nitrogens with zero attached hydrogens (tertiary/aromatic N) is 3. The first kappa shape index (κ1) is 12.3. The highest BCUT2D eigenvalue weighted by atomic mass is 32.1. The van der Waals surface area contributed by atoms with Crippen LogP contribution in [0.2, 0.25) is 0 Å². The molecule has 19 heavy (non-hydrogen) atoms. The molecule has 5 heteroatoms. The van der Waals surface area contributed by atoms with E-state index in [4.69, 9.17) is 4.99 Å². The fourth-order valence-electron chi connectivity index (χ4n) is 1.86. The number of aromatic nitrogens is 2. The van der Waals surface area contributed by atoms with Crippen LogP contribution in [0.25, 0.3) is 11.3 Å². The monoisotopic (exact) mass is 288 g/mol. The van der Waals surface area contributed by atoms with Crippen LogP contribution in [0, 0.1) is 0 Å². The van der Waals surface area contributed by atoms with Gasteiger partial charge in [-0.25, -0.2) is 4.57 Å². The van der Waals surface area contributed by atoms with Crippen LogP contribution < -0.4 is 9.37 Å². The second-order valence-corrected chi connectivity index (χ2v) is 5.95. The van der Waals surface area contributed by atoms with Crippen molar-refractivity contribution in [1.29, 1.82) is 0 Å². The molecule has 0 spiro atoms. The quantitative estimate of drug-likeness (QED) is 0.647. The summed E-state index contributed by atoms with van der Waals surface area (Å²) in [5.74, 6) is 0. The van der Waals surface area contributed by atoms with E-state index in [9.17, 15) is 0 Å².